The van der Waals surface area contributed by atoms with Crippen molar-refractivity contribution in [3.05, 3.63) is 61.2 Å². The molecule has 1 aromatic rings. The van der Waals surface area contributed by atoms with Gasteiger partial charge in [0.15, 0.2) is 0 Å². The summed E-state index contributed by atoms with van der Waals surface area (Å²) in [5, 5.41) is 9.90. The van der Waals surface area contributed by atoms with Crippen molar-refractivity contribution >= 4 is 17.7 Å². The molecule has 1 aromatic carbocycles. The third-order valence-electron chi connectivity index (χ3n) is 8.84. The van der Waals surface area contributed by atoms with Gasteiger partial charge in [0, 0.05) is 32.2 Å². The molecule has 0 aromatic heterocycles. The predicted octanol–water partition coefficient (Wildman–Crippen LogP) is 3.16. The monoisotopic (exact) mass is 537 g/mol. The van der Waals surface area contributed by atoms with Gasteiger partial charge >= 0.3 is 0 Å². The fourth-order valence-electron chi connectivity index (χ4n) is 7.18. The maximum atomic E-state index is 14.3. The van der Waals surface area contributed by atoms with E-state index in [0.717, 1.165) is 18.4 Å². The van der Waals surface area contributed by atoms with E-state index in [9.17, 15) is 19.5 Å². The molecular weight excluding hydrogens is 494 g/mol. The Labute approximate surface area is 232 Å². The lowest BCUT2D eigenvalue weighted by atomic mass is 9.66. The Morgan fingerprint density at radius 1 is 1.18 bits per heavy atom. The lowest BCUT2D eigenvalue weighted by Crippen LogP contribution is -2.58. The van der Waals surface area contributed by atoms with Gasteiger partial charge in [0.1, 0.15) is 11.6 Å². The zero-order chi connectivity index (χ0) is 28.4. The van der Waals surface area contributed by atoms with Gasteiger partial charge in [-0.3, -0.25) is 14.4 Å². The fraction of sp³-hybridized carbons (Fsp3) is 0.581. The minimum Gasteiger partial charge on any atom is -0.395 e. The molecule has 0 aliphatic carbocycles. The summed E-state index contributed by atoms with van der Waals surface area (Å²) < 4.78 is 6.74. The molecule has 8 nitrogen and oxygen atoms in total. The van der Waals surface area contributed by atoms with Crippen LogP contribution in [0.5, 0.6) is 0 Å². The summed E-state index contributed by atoms with van der Waals surface area (Å²) in [4.78, 5) is 47.6. The van der Waals surface area contributed by atoms with Crippen molar-refractivity contribution in [3.63, 3.8) is 0 Å². The number of nitrogens with zero attached hydrogens (tertiary/aromatic N) is 3. The SMILES string of the molecule is C=CCN(Cc1ccccc1)C(=O)[C@H]1[C@H]2C(=O)N(CCO)C(C(=O)N(CC=C)C(C)CCC)C23CC[C@]1(C)O3. The van der Waals surface area contributed by atoms with E-state index in [1.807, 2.05) is 44.2 Å². The van der Waals surface area contributed by atoms with Crippen LogP contribution < -0.4 is 0 Å². The van der Waals surface area contributed by atoms with Crippen LogP contribution in [0.25, 0.3) is 0 Å². The Bertz CT molecular complexity index is 1090. The number of β-amino-alcohol motifs (C(OH)–C–C–N with tert-alkyl or cyclic N) is 1. The average Bonchev–Trinajstić information content (AvgIpc) is 3.48. The molecule has 2 bridgehead atoms. The van der Waals surface area contributed by atoms with E-state index >= 15 is 0 Å². The molecule has 0 saturated carbocycles. The van der Waals surface area contributed by atoms with Gasteiger partial charge in [-0.05, 0) is 38.7 Å². The average molecular weight is 538 g/mol. The first-order valence-corrected chi connectivity index (χ1v) is 14.2. The summed E-state index contributed by atoms with van der Waals surface area (Å²) in [6.07, 6.45) is 6.19. The van der Waals surface area contributed by atoms with Crippen molar-refractivity contribution in [1.29, 1.82) is 0 Å². The Kier molecular flexibility index (Phi) is 8.66. The predicted molar refractivity (Wildman–Crippen MR) is 149 cm³/mol. The summed E-state index contributed by atoms with van der Waals surface area (Å²) in [5.41, 5.74) is -0.999. The number of amides is 3. The van der Waals surface area contributed by atoms with Crippen molar-refractivity contribution in [2.24, 2.45) is 11.8 Å². The number of benzene rings is 1. The molecule has 3 unspecified atom stereocenters. The van der Waals surface area contributed by atoms with Crippen LogP contribution >= 0.6 is 0 Å². The van der Waals surface area contributed by atoms with Gasteiger partial charge in [0.25, 0.3) is 0 Å². The first-order chi connectivity index (χ1) is 18.7. The molecule has 39 heavy (non-hydrogen) atoms. The van der Waals surface area contributed by atoms with Gasteiger partial charge in [-0.2, -0.15) is 0 Å². The minimum atomic E-state index is -1.11. The third kappa shape index (κ3) is 4.93. The summed E-state index contributed by atoms with van der Waals surface area (Å²) in [5.74, 6) is -2.18. The van der Waals surface area contributed by atoms with E-state index in [0.29, 0.717) is 32.5 Å². The third-order valence-corrected chi connectivity index (χ3v) is 8.84. The molecule has 3 heterocycles. The highest BCUT2D eigenvalue weighted by atomic mass is 16.5. The summed E-state index contributed by atoms with van der Waals surface area (Å²) in [6, 6.07) is 8.77. The standard InChI is InChI=1S/C31H43N3O5/c1-6-12-22(4)33(18-8-3)29(38)26-31-16-15-30(5,39-31)24(25(31)28(37)34(26)19-20-35)27(36)32(17-7-2)21-23-13-10-9-11-14-23/h7-11,13-14,22,24-26,35H,2-3,6,12,15-21H2,1,4-5H3/t22?,24-,25+,26?,30+,31?/m1/s1. The molecule has 0 radical (unpaired) electrons. The van der Waals surface area contributed by atoms with Crippen LogP contribution in [0, 0.1) is 11.8 Å². The van der Waals surface area contributed by atoms with Crippen molar-refractivity contribution < 1.29 is 24.2 Å². The van der Waals surface area contributed by atoms with E-state index in [-0.39, 0.29) is 36.9 Å². The molecule has 3 amide bonds. The number of carbonyl (C=O) groups excluding carboxylic acids is 3. The Morgan fingerprint density at radius 3 is 2.49 bits per heavy atom. The highest BCUT2D eigenvalue weighted by Crippen LogP contribution is 2.63. The lowest BCUT2D eigenvalue weighted by molar-refractivity contribution is -0.155. The second-order valence-corrected chi connectivity index (χ2v) is 11.4. The van der Waals surface area contributed by atoms with Crippen LogP contribution in [-0.4, -0.2) is 87.1 Å². The molecule has 3 aliphatic heterocycles. The van der Waals surface area contributed by atoms with Crippen LogP contribution in [0.3, 0.4) is 0 Å². The zero-order valence-electron chi connectivity index (χ0n) is 23.6. The summed E-state index contributed by atoms with van der Waals surface area (Å²) >= 11 is 0. The number of hydrogen-bond donors (Lipinski definition) is 1. The lowest BCUT2D eigenvalue weighted by Gasteiger charge is -2.38. The number of fused-ring (bicyclic) bond motifs is 1. The molecule has 1 N–H and O–H groups in total. The molecule has 6 atom stereocenters. The van der Waals surface area contributed by atoms with E-state index in [1.54, 1.807) is 22.0 Å². The Balaban J connectivity index is 1.73. The quantitative estimate of drug-likeness (QED) is 0.391. The highest BCUT2D eigenvalue weighted by molar-refractivity contribution is 5.99. The van der Waals surface area contributed by atoms with Crippen LogP contribution in [-0.2, 0) is 25.7 Å². The van der Waals surface area contributed by atoms with Gasteiger partial charge in [-0.15, -0.1) is 13.2 Å². The molecule has 1 spiro atoms. The smallest absolute Gasteiger partial charge is 0.248 e. The van der Waals surface area contributed by atoms with Crippen molar-refractivity contribution in [1.82, 2.24) is 14.7 Å². The molecule has 3 saturated heterocycles. The molecular formula is C31H43N3O5. The number of carbonyl (C=O) groups is 3. The number of rotatable bonds is 13. The normalized spacial score (nSPS) is 29.7. The van der Waals surface area contributed by atoms with E-state index in [4.69, 9.17) is 4.74 Å². The highest BCUT2D eigenvalue weighted by Gasteiger charge is 2.78. The number of aliphatic hydroxyl groups is 1. The van der Waals surface area contributed by atoms with Gasteiger partial charge in [0.2, 0.25) is 17.7 Å². The summed E-state index contributed by atoms with van der Waals surface area (Å²) in [7, 11) is 0. The van der Waals surface area contributed by atoms with Crippen LogP contribution in [0.1, 0.15) is 52.0 Å². The topological polar surface area (TPSA) is 90.4 Å². The van der Waals surface area contributed by atoms with Crippen LogP contribution in [0.15, 0.2) is 55.6 Å². The van der Waals surface area contributed by atoms with E-state index < -0.39 is 29.1 Å². The Hall–Kier alpha value is -2.97. The largest absolute Gasteiger partial charge is 0.395 e. The molecule has 4 rings (SSSR count). The van der Waals surface area contributed by atoms with E-state index in [1.165, 1.54) is 4.90 Å². The second-order valence-electron chi connectivity index (χ2n) is 11.4. The van der Waals surface area contributed by atoms with Crippen LogP contribution in [0.4, 0.5) is 0 Å². The van der Waals surface area contributed by atoms with Crippen molar-refractivity contribution in [2.45, 2.75) is 76.3 Å². The maximum absolute atomic E-state index is 14.3. The van der Waals surface area contributed by atoms with Crippen molar-refractivity contribution in [3.8, 4) is 0 Å². The van der Waals surface area contributed by atoms with Gasteiger partial charge in [-0.1, -0.05) is 55.8 Å². The van der Waals surface area contributed by atoms with Crippen molar-refractivity contribution in [2.75, 3.05) is 26.2 Å². The van der Waals surface area contributed by atoms with Gasteiger partial charge in [-0.25, -0.2) is 0 Å². The number of likely N-dealkylation sites (tertiary alicyclic amines) is 1. The second kappa shape index (κ2) is 11.6. The molecule has 3 aliphatic rings. The van der Waals surface area contributed by atoms with E-state index in [2.05, 4.69) is 20.1 Å². The molecule has 3 fully saturated rings. The Morgan fingerprint density at radius 2 is 1.87 bits per heavy atom. The number of ether oxygens (including phenoxy) is 1. The fourth-order valence-corrected chi connectivity index (χ4v) is 7.18. The van der Waals surface area contributed by atoms with Gasteiger partial charge in [0.05, 0.1) is 24.0 Å². The first kappa shape index (κ1) is 29.0. The zero-order valence-corrected chi connectivity index (χ0v) is 23.6. The number of aliphatic hydroxyl groups excluding tert-OH is 1. The minimum absolute atomic E-state index is 0.0128. The van der Waals surface area contributed by atoms with Crippen LogP contribution in [0.2, 0.25) is 0 Å². The van der Waals surface area contributed by atoms with Gasteiger partial charge < -0.3 is 24.5 Å². The number of hydrogen-bond acceptors (Lipinski definition) is 5. The maximum Gasteiger partial charge on any atom is 0.248 e. The molecule has 212 valence electrons. The molecule has 8 heteroatoms. The first-order valence-electron chi connectivity index (χ1n) is 14.2. The summed E-state index contributed by atoms with van der Waals surface area (Å²) in [6.45, 7) is 14.5.